The summed E-state index contributed by atoms with van der Waals surface area (Å²) in [5, 5.41) is 0. The van der Waals surface area contributed by atoms with Crippen LogP contribution in [0, 0.1) is 0 Å². The highest BCUT2D eigenvalue weighted by atomic mass is 32.2. The molecule has 2 aromatic rings. The lowest BCUT2D eigenvalue weighted by Crippen LogP contribution is -2.27. The highest BCUT2D eigenvalue weighted by Gasteiger charge is 2.28. The third-order valence-electron chi connectivity index (χ3n) is 3.18. The average Bonchev–Trinajstić information content (AvgIpc) is 2.66. The van der Waals surface area contributed by atoms with Gasteiger partial charge in [0.2, 0.25) is 17.7 Å². The fourth-order valence-corrected chi connectivity index (χ4v) is 2.36. The quantitative estimate of drug-likeness (QED) is 0.445. The van der Waals surface area contributed by atoms with Gasteiger partial charge in [-0.1, -0.05) is 16.5 Å². The third-order valence-corrected chi connectivity index (χ3v) is 3.49. The second-order valence-electron chi connectivity index (χ2n) is 5.04. The van der Waals surface area contributed by atoms with Gasteiger partial charge in [-0.3, -0.25) is 0 Å². The topological polar surface area (TPSA) is 137 Å². The first-order valence-electron chi connectivity index (χ1n) is 7.73. The number of benzene rings is 1. The molecule has 0 aliphatic heterocycles. The molecular weight excluding hydrogens is 456 g/mol. The molecule has 0 spiro atoms. The Kier molecular flexibility index (Phi) is 7.78. The molecule has 0 aliphatic carbocycles. The van der Waals surface area contributed by atoms with E-state index in [2.05, 4.69) is 28.5 Å². The number of aromatic nitrogens is 2. The molecule has 1 aromatic carbocycles. The number of urea groups is 1. The molecule has 0 atom stereocenters. The van der Waals surface area contributed by atoms with E-state index in [9.17, 15) is 35.6 Å². The van der Waals surface area contributed by atoms with Crippen LogP contribution in [0.1, 0.15) is 10.4 Å². The number of hydrogen-bond donors (Lipinski definition) is 0. The van der Waals surface area contributed by atoms with Crippen LogP contribution in [-0.2, 0) is 15.2 Å². The van der Waals surface area contributed by atoms with Crippen molar-refractivity contribution in [1.29, 1.82) is 0 Å². The van der Waals surface area contributed by atoms with E-state index in [-0.39, 0.29) is 10.5 Å². The SMILES string of the molecule is COC(=O)c1ccccc1N(C(=O)N=S(=O)=O)c1nc(OC(F)F)cc(OC(F)F)n1. The van der Waals surface area contributed by atoms with Crippen LogP contribution < -0.4 is 14.4 Å². The van der Waals surface area contributed by atoms with Crippen LogP contribution in [0.5, 0.6) is 11.8 Å². The molecule has 2 amide bonds. The molecule has 31 heavy (non-hydrogen) atoms. The van der Waals surface area contributed by atoms with Crippen LogP contribution in [-0.4, -0.2) is 50.7 Å². The summed E-state index contributed by atoms with van der Waals surface area (Å²) in [5.74, 6) is -3.98. The number of nitrogens with zero attached hydrogens (tertiary/aromatic N) is 4. The van der Waals surface area contributed by atoms with Crippen molar-refractivity contribution in [3.05, 3.63) is 35.9 Å². The molecule has 0 saturated carbocycles. The van der Waals surface area contributed by atoms with Gasteiger partial charge in [0.25, 0.3) is 0 Å². The summed E-state index contributed by atoms with van der Waals surface area (Å²) in [4.78, 5) is 31.7. The molecular formula is C15H10F4N4O7S. The molecule has 0 fully saturated rings. The average molecular weight is 466 g/mol. The Morgan fingerprint density at radius 3 is 2.06 bits per heavy atom. The Labute approximate surface area is 171 Å². The van der Waals surface area contributed by atoms with Gasteiger partial charge < -0.3 is 14.2 Å². The summed E-state index contributed by atoms with van der Waals surface area (Å²) in [7, 11) is -2.30. The molecule has 0 radical (unpaired) electrons. The Hall–Kier alpha value is -3.82. The summed E-state index contributed by atoms with van der Waals surface area (Å²) >= 11 is 0. The van der Waals surface area contributed by atoms with E-state index in [1.54, 1.807) is 0 Å². The fourth-order valence-electron chi connectivity index (χ4n) is 2.15. The second kappa shape index (κ2) is 10.3. The Bertz CT molecular complexity index is 1080. The molecule has 1 heterocycles. The smallest absolute Gasteiger partial charge is 0.388 e. The van der Waals surface area contributed by atoms with Crippen LogP contribution in [0.2, 0.25) is 0 Å². The minimum atomic E-state index is -3.45. The fraction of sp³-hybridized carbons (Fsp3) is 0.200. The highest BCUT2D eigenvalue weighted by Crippen LogP contribution is 2.31. The number of halogens is 4. The van der Waals surface area contributed by atoms with Crippen LogP contribution in [0.4, 0.5) is 34.0 Å². The molecule has 0 unspecified atom stereocenters. The standard InChI is InChI=1S/C15H10F4N4O7S/c1-28-11(24)7-4-2-3-5-8(7)23(15(25)22-31(26)27)14-20-9(29-12(16)17)6-10(21-14)30-13(18)19/h2-6,12-13H,1H3. The minimum Gasteiger partial charge on any atom is -0.465 e. The van der Waals surface area contributed by atoms with Crippen molar-refractivity contribution in [1.82, 2.24) is 9.97 Å². The van der Waals surface area contributed by atoms with Gasteiger partial charge in [-0.2, -0.15) is 35.9 Å². The van der Waals surface area contributed by atoms with Gasteiger partial charge in [0.1, 0.15) is 0 Å². The maximum absolute atomic E-state index is 12.6. The van der Waals surface area contributed by atoms with Crippen molar-refractivity contribution in [3.63, 3.8) is 0 Å². The van der Waals surface area contributed by atoms with Crippen LogP contribution in [0.25, 0.3) is 0 Å². The summed E-state index contributed by atoms with van der Waals surface area (Å²) in [6, 6.07) is 3.76. The van der Waals surface area contributed by atoms with E-state index in [0.29, 0.717) is 6.07 Å². The zero-order valence-corrected chi connectivity index (χ0v) is 15.9. The number of alkyl halides is 4. The number of ether oxygens (including phenoxy) is 3. The number of methoxy groups -OCH3 is 1. The van der Waals surface area contributed by atoms with Crippen LogP contribution >= 0.6 is 0 Å². The van der Waals surface area contributed by atoms with E-state index in [0.717, 1.165) is 19.2 Å². The monoisotopic (exact) mass is 466 g/mol. The van der Waals surface area contributed by atoms with Gasteiger partial charge in [-0.15, -0.1) is 0 Å². The van der Waals surface area contributed by atoms with E-state index in [1.165, 1.54) is 12.1 Å². The number of esters is 1. The van der Waals surface area contributed by atoms with Crippen LogP contribution in [0.3, 0.4) is 0 Å². The van der Waals surface area contributed by atoms with Crippen molar-refractivity contribution in [2.24, 2.45) is 4.36 Å². The Balaban J connectivity index is 2.77. The lowest BCUT2D eigenvalue weighted by atomic mass is 10.1. The number of carbonyl (C=O) groups is 2. The third kappa shape index (κ3) is 6.33. The number of hydrogen-bond acceptors (Lipinski definition) is 9. The predicted octanol–water partition coefficient (Wildman–Crippen LogP) is 2.79. The summed E-state index contributed by atoms with van der Waals surface area (Å²) in [5.41, 5.74) is -0.740. The Morgan fingerprint density at radius 2 is 1.58 bits per heavy atom. The van der Waals surface area contributed by atoms with Crippen molar-refractivity contribution in [3.8, 4) is 11.8 Å². The molecule has 166 valence electrons. The first-order chi connectivity index (χ1) is 14.6. The van der Waals surface area contributed by atoms with E-state index < -0.39 is 59.1 Å². The van der Waals surface area contributed by atoms with Gasteiger partial charge in [0.15, 0.2) is 0 Å². The van der Waals surface area contributed by atoms with Gasteiger partial charge in [0, 0.05) is 0 Å². The molecule has 0 bridgehead atoms. The van der Waals surface area contributed by atoms with Crippen molar-refractivity contribution in [2.45, 2.75) is 13.2 Å². The maximum Gasteiger partial charge on any atom is 0.388 e. The summed E-state index contributed by atoms with van der Waals surface area (Å²) in [6.07, 6.45) is 0. The van der Waals surface area contributed by atoms with E-state index >= 15 is 0 Å². The molecule has 2 rings (SSSR count). The van der Waals surface area contributed by atoms with Gasteiger partial charge in [0.05, 0.1) is 24.4 Å². The minimum absolute atomic E-state index is 0.277. The van der Waals surface area contributed by atoms with Crippen molar-refractivity contribution >= 4 is 34.1 Å². The lowest BCUT2D eigenvalue weighted by molar-refractivity contribution is -0.0580. The molecule has 11 nitrogen and oxygen atoms in total. The first-order valence-corrected chi connectivity index (χ1v) is 8.76. The molecule has 0 aliphatic rings. The zero-order valence-electron chi connectivity index (χ0n) is 15.1. The molecule has 0 N–H and O–H groups in total. The number of rotatable bonds is 7. The molecule has 1 aromatic heterocycles. The highest BCUT2D eigenvalue weighted by molar-refractivity contribution is 7.62. The first kappa shape index (κ1) is 23.5. The van der Waals surface area contributed by atoms with Gasteiger partial charge in [-0.05, 0) is 12.1 Å². The van der Waals surface area contributed by atoms with Crippen molar-refractivity contribution in [2.75, 3.05) is 12.0 Å². The van der Waals surface area contributed by atoms with Gasteiger partial charge >= 0.3 is 35.7 Å². The summed E-state index contributed by atoms with van der Waals surface area (Å²) in [6.45, 7) is -6.90. The number of para-hydroxylation sites is 1. The van der Waals surface area contributed by atoms with E-state index in [4.69, 9.17) is 0 Å². The molecule has 0 saturated heterocycles. The normalized spacial score (nSPS) is 10.5. The maximum atomic E-state index is 12.6. The number of carbonyl (C=O) groups excluding carboxylic acids is 2. The van der Waals surface area contributed by atoms with E-state index in [1.807, 2.05) is 0 Å². The largest absolute Gasteiger partial charge is 0.465 e. The Morgan fingerprint density at radius 1 is 1.03 bits per heavy atom. The second-order valence-corrected chi connectivity index (χ2v) is 5.65. The molecule has 16 heteroatoms. The lowest BCUT2D eigenvalue weighted by Gasteiger charge is -2.21. The summed E-state index contributed by atoms with van der Waals surface area (Å²) < 4.78 is 87.5. The van der Waals surface area contributed by atoms with Crippen molar-refractivity contribution < 1.29 is 49.8 Å². The van der Waals surface area contributed by atoms with Gasteiger partial charge in [-0.25, -0.2) is 14.5 Å². The number of amides is 2. The number of anilines is 2. The zero-order chi connectivity index (χ0) is 23.1. The van der Waals surface area contributed by atoms with Crippen LogP contribution in [0.15, 0.2) is 34.7 Å². The predicted molar refractivity (Wildman–Crippen MR) is 92.0 cm³/mol.